The Morgan fingerprint density at radius 3 is 2.79 bits per heavy atom. The predicted molar refractivity (Wildman–Crippen MR) is 99.3 cm³/mol. The first-order valence-corrected chi connectivity index (χ1v) is 7.46. The number of carbonyl (C=O) groups excluding carboxylic acids is 1. The number of nitrogens with one attached hydrogen (secondary N) is 2. The van der Waals surface area contributed by atoms with Crippen molar-refractivity contribution >= 4 is 36.4 Å². The van der Waals surface area contributed by atoms with E-state index in [1.54, 1.807) is 12.4 Å². The minimum atomic E-state index is 0. The van der Waals surface area contributed by atoms with Crippen LogP contribution in [-0.4, -0.2) is 24.0 Å². The van der Waals surface area contributed by atoms with E-state index < -0.39 is 0 Å². The van der Waals surface area contributed by atoms with Crippen molar-refractivity contribution in [2.24, 2.45) is 0 Å². The molecule has 1 aliphatic rings. The molecule has 1 aliphatic heterocycles. The summed E-state index contributed by atoms with van der Waals surface area (Å²) in [7, 11) is 0. The second-order valence-corrected chi connectivity index (χ2v) is 5.25. The highest BCUT2D eigenvalue weighted by Crippen LogP contribution is 2.24. The summed E-state index contributed by atoms with van der Waals surface area (Å²) in [6.45, 7) is 2.27. The second-order valence-electron chi connectivity index (χ2n) is 5.25. The number of ether oxygens (including phenoxy) is 1. The smallest absolute Gasteiger partial charge is 0.224 e. The number of aryl methyl sites for hydroxylation is 1. The lowest BCUT2D eigenvalue weighted by Gasteiger charge is -2.10. The van der Waals surface area contributed by atoms with Gasteiger partial charge in [-0.1, -0.05) is 0 Å². The Labute approximate surface area is 154 Å². The molecule has 7 heteroatoms. The number of hydrogen-bond donors (Lipinski definition) is 2. The summed E-state index contributed by atoms with van der Waals surface area (Å²) in [6, 6.07) is 9.63. The van der Waals surface area contributed by atoms with Crippen molar-refractivity contribution in [3.8, 4) is 5.75 Å². The van der Waals surface area contributed by atoms with E-state index in [4.69, 9.17) is 4.74 Å². The van der Waals surface area contributed by atoms with Crippen molar-refractivity contribution < 1.29 is 9.53 Å². The molecule has 130 valence electrons. The summed E-state index contributed by atoms with van der Waals surface area (Å²) in [5.74, 6) is 0.902. The molecule has 2 N–H and O–H groups in total. The molecule has 0 saturated heterocycles. The summed E-state index contributed by atoms with van der Waals surface area (Å²) in [4.78, 5) is 16.0. The van der Waals surface area contributed by atoms with Gasteiger partial charge in [0.05, 0.1) is 0 Å². The van der Waals surface area contributed by atoms with E-state index in [9.17, 15) is 4.79 Å². The summed E-state index contributed by atoms with van der Waals surface area (Å²) < 4.78 is 5.63. The monoisotopic (exact) mass is 369 g/mol. The fourth-order valence-electron chi connectivity index (χ4n) is 2.42. The average molecular weight is 370 g/mol. The molecule has 0 aliphatic carbocycles. The van der Waals surface area contributed by atoms with Gasteiger partial charge >= 0.3 is 0 Å². The first-order valence-electron chi connectivity index (χ1n) is 7.46. The van der Waals surface area contributed by atoms with Gasteiger partial charge in [-0.3, -0.25) is 9.78 Å². The Hall–Kier alpha value is -1.82. The fraction of sp³-hybridized carbons (Fsp3) is 0.294. The maximum atomic E-state index is 12.0. The average Bonchev–Trinajstić information content (AvgIpc) is 2.79. The SMILES string of the molecule is Cl.Cl.O=C(CCc1ccncc1)Nc1ccc2c(c1)CNCCO2. The maximum Gasteiger partial charge on any atom is 0.224 e. The Kier molecular flexibility index (Phi) is 8.54. The van der Waals surface area contributed by atoms with Crippen LogP contribution in [0.4, 0.5) is 5.69 Å². The van der Waals surface area contributed by atoms with Gasteiger partial charge < -0.3 is 15.4 Å². The molecule has 0 atom stereocenters. The van der Waals surface area contributed by atoms with E-state index in [-0.39, 0.29) is 30.7 Å². The number of pyridine rings is 1. The Morgan fingerprint density at radius 1 is 1.21 bits per heavy atom. The van der Waals surface area contributed by atoms with Crippen LogP contribution >= 0.6 is 24.8 Å². The van der Waals surface area contributed by atoms with Gasteiger partial charge in [0.25, 0.3) is 0 Å². The number of halogens is 2. The molecule has 0 radical (unpaired) electrons. The quantitative estimate of drug-likeness (QED) is 0.869. The number of rotatable bonds is 4. The number of amides is 1. The molecule has 1 aromatic carbocycles. The molecule has 0 fully saturated rings. The lowest BCUT2D eigenvalue weighted by molar-refractivity contribution is -0.116. The fourth-order valence-corrected chi connectivity index (χ4v) is 2.42. The third kappa shape index (κ3) is 5.67. The van der Waals surface area contributed by atoms with Crippen molar-refractivity contribution in [2.75, 3.05) is 18.5 Å². The lowest BCUT2D eigenvalue weighted by atomic mass is 10.1. The number of benzene rings is 1. The summed E-state index contributed by atoms with van der Waals surface area (Å²) in [6.07, 6.45) is 4.65. The van der Waals surface area contributed by atoms with E-state index in [0.29, 0.717) is 19.4 Å². The van der Waals surface area contributed by atoms with Crippen molar-refractivity contribution in [1.82, 2.24) is 10.3 Å². The van der Waals surface area contributed by atoms with Gasteiger partial charge in [-0.15, -0.1) is 24.8 Å². The van der Waals surface area contributed by atoms with Gasteiger partial charge in [-0.2, -0.15) is 0 Å². The predicted octanol–water partition coefficient (Wildman–Crippen LogP) is 2.98. The molecule has 1 aromatic heterocycles. The van der Waals surface area contributed by atoms with Crippen LogP contribution in [0.1, 0.15) is 17.5 Å². The molecule has 0 saturated carbocycles. The summed E-state index contributed by atoms with van der Waals surface area (Å²) in [5.41, 5.74) is 3.00. The maximum absolute atomic E-state index is 12.0. The molecule has 24 heavy (non-hydrogen) atoms. The zero-order valence-electron chi connectivity index (χ0n) is 13.2. The molecule has 5 nitrogen and oxygen atoms in total. The van der Waals surface area contributed by atoms with Gasteiger partial charge in [0.1, 0.15) is 12.4 Å². The molecule has 2 heterocycles. The highest BCUT2D eigenvalue weighted by molar-refractivity contribution is 5.91. The first kappa shape index (κ1) is 20.2. The van der Waals surface area contributed by atoms with Gasteiger partial charge in [0.15, 0.2) is 0 Å². The van der Waals surface area contributed by atoms with Crippen LogP contribution in [0.3, 0.4) is 0 Å². The molecule has 2 aromatic rings. The van der Waals surface area contributed by atoms with Crippen molar-refractivity contribution in [2.45, 2.75) is 19.4 Å². The first-order chi connectivity index (χ1) is 10.8. The number of fused-ring (bicyclic) bond motifs is 1. The minimum Gasteiger partial charge on any atom is -0.492 e. The molecule has 0 spiro atoms. The second kappa shape index (κ2) is 10.1. The van der Waals surface area contributed by atoms with E-state index in [2.05, 4.69) is 15.6 Å². The normalized spacial score (nSPS) is 12.5. The van der Waals surface area contributed by atoms with Crippen molar-refractivity contribution in [1.29, 1.82) is 0 Å². The van der Waals surface area contributed by atoms with E-state index in [1.165, 1.54) is 0 Å². The van der Waals surface area contributed by atoms with E-state index >= 15 is 0 Å². The highest BCUT2D eigenvalue weighted by atomic mass is 35.5. The summed E-state index contributed by atoms with van der Waals surface area (Å²) >= 11 is 0. The molecule has 0 bridgehead atoms. The summed E-state index contributed by atoms with van der Waals surface area (Å²) in [5, 5.41) is 6.23. The number of aromatic nitrogens is 1. The molecule has 1 amide bonds. The number of nitrogens with zero attached hydrogens (tertiary/aromatic N) is 1. The Morgan fingerprint density at radius 2 is 2.00 bits per heavy atom. The Bertz CT molecular complexity index is 654. The standard InChI is InChI=1S/C17H19N3O2.2ClH/c21-17(4-1-13-5-7-18-8-6-13)20-15-2-3-16-14(11-15)12-19-9-10-22-16;;/h2-3,5-8,11,19H,1,4,9-10,12H2,(H,20,21);2*1H. The molecule has 0 unspecified atom stereocenters. The van der Waals surface area contributed by atoms with Crippen LogP contribution < -0.4 is 15.4 Å². The molecular formula is C17H21Cl2N3O2. The number of anilines is 1. The topological polar surface area (TPSA) is 63.2 Å². The minimum absolute atomic E-state index is 0. The van der Waals surface area contributed by atoms with Crippen LogP contribution in [0.15, 0.2) is 42.7 Å². The molecular weight excluding hydrogens is 349 g/mol. The van der Waals surface area contributed by atoms with Crippen molar-refractivity contribution in [3.05, 3.63) is 53.9 Å². The van der Waals surface area contributed by atoms with Gasteiger partial charge in [-0.05, 0) is 42.3 Å². The Balaban J connectivity index is 0.00000144. The van der Waals surface area contributed by atoms with Gasteiger partial charge in [0.2, 0.25) is 5.91 Å². The third-order valence-electron chi connectivity index (χ3n) is 3.59. The van der Waals surface area contributed by atoms with E-state index in [0.717, 1.165) is 35.7 Å². The van der Waals surface area contributed by atoms with Gasteiger partial charge in [0, 0.05) is 43.2 Å². The zero-order valence-corrected chi connectivity index (χ0v) is 14.8. The van der Waals surface area contributed by atoms with Crippen LogP contribution in [0, 0.1) is 0 Å². The van der Waals surface area contributed by atoms with Crippen LogP contribution in [0.5, 0.6) is 5.75 Å². The lowest BCUT2D eigenvalue weighted by Crippen LogP contribution is -2.16. The number of carbonyl (C=O) groups is 1. The van der Waals surface area contributed by atoms with Crippen LogP contribution in [0.2, 0.25) is 0 Å². The molecule has 3 rings (SSSR count). The third-order valence-corrected chi connectivity index (χ3v) is 3.59. The van der Waals surface area contributed by atoms with Crippen molar-refractivity contribution in [3.63, 3.8) is 0 Å². The zero-order chi connectivity index (χ0) is 15.2. The van der Waals surface area contributed by atoms with Crippen LogP contribution in [0.25, 0.3) is 0 Å². The highest BCUT2D eigenvalue weighted by Gasteiger charge is 2.10. The van der Waals surface area contributed by atoms with E-state index in [1.807, 2.05) is 30.3 Å². The van der Waals surface area contributed by atoms with Gasteiger partial charge in [-0.25, -0.2) is 0 Å². The number of hydrogen-bond acceptors (Lipinski definition) is 4. The largest absolute Gasteiger partial charge is 0.492 e. The van der Waals surface area contributed by atoms with Crippen LogP contribution in [-0.2, 0) is 17.8 Å².